The number of para-hydroxylation sites is 1. The highest BCUT2D eigenvalue weighted by Gasteiger charge is 2.25. The maximum Gasteiger partial charge on any atom is 0.262 e. The number of hydrogen-bond acceptors (Lipinski definition) is 5. The second-order valence-corrected chi connectivity index (χ2v) is 7.69. The van der Waals surface area contributed by atoms with E-state index < -0.39 is 0 Å². The molecule has 2 aromatic rings. The summed E-state index contributed by atoms with van der Waals surface area (Å²) in [6, 6.07) is 7.30. The molecule has 1 atom stereocenters. The Morgan fingerprint density at radius 1 is 1.20 bits per heavy atom. The number of carbonyl (C=O) groups excluding carboxylic acids is 1. The van der Waals surface area contributed by atoms with E-state index in [1.807, 2.05) is 43.9 Å². The van der Waals surface area contributed by atoms with Crippen molar-refractivity contribution in [1.29, 1.82) is 0 Å². The molecule has 6 nitrogen and oxygen atoms in total. The summed E-state index contributed by atoms with van der Waals surface area (Å²) in [4.78, 5) is 32.0. The molecule has 1 amide bonds. The van der Waals surface area contributed by atoms with Crippen molar-refractivity contribution in [3.63, 3.8) is 0 Å². The van der Waals surface area contributed by atoms with E-state index in [0.29, 0.717) is 42.4 Å². The summed E-state index contributed by atoms with van der Waals surface area (Å²) in [5, 5.41) is 0.886. The number of hydrogen-bond donors (Lipinski definition) is 0. The van der Waals surface area contributed by atoms with Crippen LogP contribution < -0.4 is 5.56 Å². The molecular formula is C18H23N3O3S. The van der Waals surface area contributed by atoms with Crippen LogP contribution >= 0.6 is 11.8 Å². The molecule has 0 N–H and O–H groups in total. The van der Waals surface area contributed by atoms with Crippen molar-refractivity contribution in [2.45, 2.75) is 37.2 Å². The van der Waals surface area contributed by atoms with Crippen molar-refractivity contribution in [3.8, 4) is 0 Å². The first-order valence-corrected chi connectivity index (χ1v) is 9.41. The molecule has 3 rings (SSSR count). The zero-order valence-corrected chi connectivity index (χ0v) is 15.6. The molecule has 0 bridgehead atoms. The Balaban J connectivity index is 1.93. The number of ether oxygens (including phenoxy) is 1. The van der Waals surface area contributed by atoms with Gasteiger partial charge in [-0.05, 0) is 32.9 Å². The quantitative estimate of drug-likeness (QED) is 0.618. The maximum absolute atomic E-state index is 12.8. The largest absolute Gasteiger partial charge is 0.378 e. The van der Waals surface area contributed by atoms with Gasteiger partial charge in [0, 0.05) is 19.1 Å². The summed E-state index contributed by atoms with van der Waals surface area (Å²) in [6.07, 6.45) is 0. The predicted molar refractivity (Wildman–Crippen MR) is 99.1 cm³/mol. The molecule has 0 saturated carbocycles. The first kappa shape index (κ1) is 17.9. The van der Waals surface area contributed by atoms with Crippen molar-refractivity contribution in [2.75, 3.05) is 26.3 Å². The van der Waals surface area contributed by atoms with Crippen LogP contribution in [0.15, 0.2) is 34.2 Å². The monoisotopic (exact) mass is 361 g/mol. The highest BCUT2D eigenvalue weighted by Crippen LogP contribution is 2.26. The molecule has 1 aliphatic rings. The van der Waals surface area contributed by atoms with Crippen LogP contribution in [0.5, 0.6) is 0 Å². The summed E-state index contributed by atoms with van der Waals surface area (Å²) in [5.41, 5.74) is 0.604. The molecule has 0 radical (unpaired) electrons. The summed E-state index contributed by atoms with van der Waals surface area (Å²) in [5.74, 6) is 0.0611. The standard InChI is InChI=1S/C18H23N3O3S/c1-12(2)21-17(23)14-6-4-5-7-15(14)19-18(21)25-13(3)16(22)20-8-10-24-11-9-20/h4-7,12-13H,8-11H2,1-3H3. The highest BCUT2D eigenvalue weighted by molar-refractivity contribution is 8.00. The minimum absolute atomic E-state index is 0.0298. The summed E-state index contributed by atoms with van der Waals surface area (Å²) in [6.45, 7) is 8.17. The van der Waals surface area contributed by atoms with E-state index in [1.54, 1.807) is 10.6 Å². The second-order valence-electron chi connectivity index (χ2n) is 6.38. The number of benzene rings is 1. The molecule has 1 unspecified atom stereocenters. The highest BCUT2D eigenvalue weighted by atomic mass is 32.2. The van der Waals surface area contributed by atoms with Gasteiger partial charge in [0.2, 0.25) is 5.91 Å². The van der Waals surface area contributed by atoms with Crippen LogP contribution in [0.2, 0.25) is 0 Å². The molecule has 1 aliphatic heterocycles. The fourth-order valence-corrected chi connectivity index (χ4v) is 4.04. The van der Waals surface area contributed by atoms with Crippen LogP contribution in [0.25, 0.3) is 10.9 Å². The molecule has 25 heavy (non-hydrogen) atoms. The zero-order valence-electron chi connectivity index (χ0n) is 14.8. The van der Waals surface area contributed by atoms with Crippen LogP contribution in [0, 0.1) is 0 Å². The Labute approximate surface area is 151 Å². The number of nitrogens with zero attached hydrogens (tertiary/aromatic N) is 3. The van der Waals surface area contributed by atoms with E-state index >= 15 is 0 Å². The topological polar surface area (TPSA) is 64.4 Å². The molecule has 7 heteroatoms. The Morgan fingerprint density at radius 2 is 1.88 bits per heavy atom. The molecule has 0 aliphatic carbocycles. The molecule has 2 heterocycles. The lowest BCUT2D eigenvalue weighted by atomic mass is 10.2. The first-order chi connectivity index (χ1) is 12.0. The minimum atomic E-state index is -0.309. The van der Waals surface area contributed by atoms with Gasteiger partial charge < -0.3 is 9.64 Å². The Bertz CT molecular complexity index is 828. The molecule has 1 aromatic carbocycles. The fraction of sp³-hybridized carbons (Fsp3) is 0.500. The summed E-state index contributed by atoms with van der Waals surface area (Å²) < 4.78 is 6.98. The third-order valence-corrected chi connectivity index (χ3v) is 5.30. The lowest BCUT2D eigenvalue weighted by molar-refractivity contribution is -0.134. The van der Waals surface area contributed by atoms with E-state index in [-0.39, 0.29) is 22.8 Å². The Kier molecular flexibility index (Phi) is 5.44. The van der Waals surface area contributed by atoms with Crippen LogP contribution in [0.3, 0.4) is 0 Å². The number of carbonyl (C=O) groups is 1. The normalized spacial score (nSPS) is 16.4. The van der Waals surface area contributed by atoms with Gasteiger partial charge in [0.15, 0.2) is 5.16 Å². The van der Waals surface area contributed by atoms with Crippen LogP contribution in [0.1, 0.15) is 26.8 Å². The lowest BCUT2D eigenvalue weighted by Gasteiger charge is -2.29. The Hall–Kier alpha value is -1.86. The number of aromatic nitrogens is 2. The predicted octanol–water partition coefficient (Wildman–Crippen LogP) is 2.32. The number of thioether (sulfide) groups is 1. The Morgan fingerprint density at radius 3 is 2.56 bits per heavy atom. The van der Waals surface area contributed by atoms with Gasteiger partial charge in [-0.15, -0.1) is 0 Å². The van der Waals surface area contributed by atoms with Gasteiger partial charge >= 0.3 is 0 Å². The van der Waals surface area contributed by atoms with Crippen LogP contribution in [-0.2, 0) is 9.53 Å². The van der Waals surface area contributed by atoms with Gasteiger partial charge in [-0.3, -0.25) is 14.2 Å². The molecule has 0 spiro atoms. The van der Waals surface area contributed by atoms with E-state index in [9.17, 15) is 9.59 Å². The lowest BCUT2D eigenvalue weighted by Crippen LogP contribution is -2.44. The fourth-order valence-electron chi connectivity index (χ4n) is 2.91. The van der Waals surface area contributed by atoms with Gasteiger partial charge in [0.1, 0.15) is 0 Å². The van der Waals surface area contributed by atoms with Gasteiger partial charge in [0.25, 0.3) is 5.56 Å². The van der Waals surface area contributed by atoms with Gasteiger partial charge in [-0.25, -0.2) is 4.98 Å². The van der Waals surface area contributed by atoms with Crippen molar-refractivity contribution < 1.29 is 9.53 Å². The van der Waals surface area contributed by atoms with Crippen molar-refractivity contribution in [3.05, 3.63) is 34.6 Å². The molecule has 1 saturated heterocycles. The van der Waals surface area contributed by atoms with Gasteiger partial charge in [-0.2, -0.15) is 0 Å². The number of rotatable bonds is 4. The third-order valence-electron chi connectivity index (χ3n) is 4.24. The van der Waals surface area contributed by atoms with E-state index in [0.717, 1.165) is 0 Å². The maximum atomic E-state index is 12.8. The zero-order chi connectivity index (χ0) is 18.0. The summed E-state index contributed by atoms with van der Waals surface area (Å²) >= 11 is 1.35. The van der Waals surface area contributed by atoms with Crippen LogP contribution in [-0.4, -0.2) is 51.9 Å². The molecule has 1 aromatic heterocycles. The summed E-state index contributed by atoms with van der Waals surface area (Å²) in [7, 11) is 0. The average Bonchev–Trinajstić information content (AvgIpc) is 2.61. The first-order valence-electron chi connectivity index (χ1n) is 8.53. The molecule has 1 fully saturated rings. The smallest absolute Gasteiger partial charge is 0.262 e. The third kappa shape index (κ3) is 3.72. The minimum Gasteiger partial charge on any atom is -0.378 e. The SMILES string of the molecule is CC(Sc1nc2ccccc2c(=O)n1C(C)C)C(=O)N1CCOCC1. The van der Waals surface area contributed by atoms with E-state index in [1.165, 1.54) is 11.8 Å². The average molecular weight is 361 g/mol. The van der Waals surface area contributed by atoms with Crippen molar-refractivity contribution in [1.82, 2.24) is 14.5 Å². The molecule has 134 valence electrons. The molecular weight excluding hydrogens is 338 g/mol. The van der Waals surface area contributed by atoms with Crippen LogP contribution in [0.4, 0.5) is 0 Å². The van der Waals surface area contributed by atoms with Crippen molar-refractivity contribution in [2.24, 2.45) is 0 Å². The second kappa shape index (κ2) is 7.58. The van der Waals surface area contributed by atoms with Gasteiger partial charge in [-0.1, -0.05) is 23.9 Å². The van der Waals surface area contributed by atoms with Crippen molar-refractivity contribution >= 4 is 28.6 Å². The van der Waals surface area contributed by atoms with E-state index in [4.69, 9.17) is 4.74 Å². The number of fused-ring (bicyclic) bond motifs is 1. The number of amides is 1. The van der Waals surface area contributed by atoms with E-state index in [2.05, 4.69) is 4.98 Å². The van der Waals surface area contributed by atoms with Gasteiger partial charge in [0.05, 0.1) is 29.4 Å². The number of morpholine rings is 1.